The molecule has 0 radical (unpaired) electrons. The molecule has 2 saturated carbocycles. The second-order valence-electron chi connectivity index (χ2n) is 8.13. The standard InChI is InChI=1S/C21H26ClFO4/c22-16-11-15-18(12-17(16)23)26-20(19(24)25)27-21(15,13-7-3-1-4-8-13)14-9-5-2-6-10-14/h11-14,20H,1-10H2,(H,24,25). The van der Waals surface area contributed by atoms with Gasteiger partial charge in [-0.25, -0.2) is 9.18 Å². The number of fused-ring (bicyclic) bond motifs is 1. The highest BCUT2D eigenvalue weighted by molar-refractivity contribution is 6.30. The van der Waals surface area contributed by atoms with Crippen LogP contribution in [-0.4, -0.2) is 17.4 Å². The Morgan fingerprint density at radius 1 is 1.04 bits per heavy atom. The normalized spacial score (nSPS) is 26.2. The molecule has 4 nitrogen and oxygen atoms in total. The molecule has 1 aromatic rings. The van der Waals surface area contributed by atoms with Crippen LogP contribution in [-0.2, 0) is 15.1 Å². The number of hydrogen-bond donors (Lipinski definition) is 1. The lowest BCUT2D eigenvalue weighted by Gasteiger charge is -2.52. The van der Waals surface area contributed by atoms with Crippen LogP contribution in [0.25, 0.3) is 0 Å². The largest absolute Gasteiger partial charge is 0.477 e. The van der Waals surface area contributed by atoms with Crippen LogP contribution in [0.5, 0.6) is 5.75 Å². The molecule has 0 spiro atoms. The van der Waals surface area contributed by atoms with Crippen molar-refractivity contribution in [1.29, 1.82) is 0 Å². The van der Waals surface area contributed by atoms with Crippen LogP contribution >= 0.6 is 11.6 Å². The summed E-state index contributed by atoms with van der Waals surface area (Å²) >= 11 is 6.15. The second kappa shape index (κ2) is 7.59. The van der Waals surface area contributed by atoms with Crippen LogP contribution in [0.4, 0.5) is 4.39 Å². The fraction of sp³-hybridized carbons (Fsp3) is 0.667. The van der Waals surface area contributed by atoms with E-state index >= 15 is 0 Å². The highest BCUT2D eigenvalue weighted by Gasteiger charge is 2.55. The van der Waals surface area contributed by atoms with Crippen molar-refractivity contribution < 1.29 is 23.8 Å². The fourth-order valence-corrected chi connectivity index (χ4v) is 5.60. The molecule has 6 heteroatoms. The van der Waals surface area contributed by atoms with Gasteiger partial charge in [0, 0.05) is 11.6 Å². The predicted molar refractivity (Wildman–Crippen MR) is 99.4 cm³/mol. The molecule has 27 heavy (non-hydrogen) atoms. The molecule has 2 fully saturated rings. The Bertz CT molecular complexity index is 692. The SMILES string of the molecule is O=C(O)C1Oc2cc(F)c(Cl)cc2C(C2CCCCC2)(C2CCCCC2)O1. The van der Waals surface area contributed by atoms with Gasteiger partial charge in [0.15, 0.2) is 0 Å². The van der Waals surface area contributed by atoms with Gasteiger partial charge in [-0.15, -0.1) is 0 Å². The van der Waals surface area contributed by atoms with Crippen LogP contribution < -0.4 is 4.74 Å². The Hall–Kier alpha value is -1.33. The Kier molecular flexibility index (Phi) is 5.34. The molecule has 1 heterocycles. The molecule has 1 N–H and O–H groups in total. The van der Waals surface area contributed by atoms with Crippen molar-refractivity contribution >= 4 is 17.6 Å². The minimum Gasteiger partial charge on any atom is -0.477 e. The first-order valence-corrected chi connectivity index (χ1v) is 10.5. The van der Waals surface area contributed by atoms with Crippen molar-refractivity contribution in [3.8, 4) is 5.75 Å². The minimum absolute atomic E-state index is 0.0331. The van der Waals surface area contributed by atoms with Gasteiger partial charge in [0.2, 0.25) is 0 Å². The van der Waals surface area contributed by atoms with E-state index in [1.54, 1.807) is 6.07 Å². The highest BCUT2D eigenvalue weighted by atomic mass is 35.5. The number of benzene rings is 1. The zero-order valence-corrected chi connectivity index (χ0v) is 16.1. The molecule has 1 aromatic carbocycles. The van der Waals surface area contributed by atoms with Gasteiger partial charge in [0.05, 0.1) is 5.02 Å². The molecule has 0 bridgehead atoms. The summed E-state index contributed by atoms with van der Waals surface area (Å²) in [6, 6.07) is 2.85. The third-order valence-electron chi connectivity index (χ3n) is 6.60. The summed E-state index contributed by atoms with van der Waals surface area (Å²) in [5.74, 6) is -1.11. The number of hydrogen-bond acceptors (Lipinski definition) is 3. The van der Waals surface area contributed by atoms with Crippen LogP contribution in [0.2, 0.25) is 5.02 Å². The van der Waals surface area contributed by atoms with Gasteiger partial charge in [0.1, 0.15) is 17.2 Å². The number of carboxylic acid groups (broad SMARTS) is 1. The molecule has 1 unspecified atom stereocenters. The summed E-state index contributed by atoms with van der Waals surface area (Å²) in [4.78, 5) is 11.8. The van der Waals surface area contributed by atoms with Crippen molar-refractivity contribution in [2.45, 2.75) is 76.1 Å². The van der Waals surface area contributed by atoms with Crippen molar-refractivity contribution in [3.05, 3.63) is 28.5 Å². The van der Waals surface area contributed by atoms with E-state index in [-0.39, 0.29) is 22.6 Å². The molecule has 1 aliphatic heterocycles. The molecule has 0 amide bonds. The summed E-state index contributed by atoms with van der Waals surface area (Å²) in [5, 5.41) is 9.68. The fourth-order valence-electron chi connectivity index (χ4n) is 5.44. The van der Waals surface area contributed by atoms with Crippen LogP contribution in [0.1, 0.15) is 69.8 Å². The van der Waals surface area contributed by atoms with Gasteiger partial charge in [-0.1, -0.05) is 50.1 Å². The van der Waals surface area contributed by atoms with Gasteiger partial charge in [-0.2, -0.15) is 0 Å². The third-order valence-corrected chi connectivity index (χ3v) is 6.89. The maximum atomic E-state index is 14.2. The smallest absolute Gasteiger partial charge is 0.373 e. The molecule has 4 rings (SSSR count). The highest BCUT2D eigenvalue weighted by Crippen LogP contribution is 2.56. The number of aliphatic carboxylic acids is 1. The van der Waals surface area contributed by atoms with E-state index in [4.69, 9.17) is 21.1 Å². The molecular weight excluding hydrogens is 371 g/mol. The van der Waals surface area contributed by atoms with Gasteiger partial charge in [-0.3, -0.25) is 0 Å². The van der Waals surface area contributed by atoms with Gasteiger partial charge < -0.3 is 14.6 Å². The monoisotopic (exact) mass is 396 g/mol. The Morgan fingerprint density at radius 2 is 1.59 bits per heavy atom. The topological polar surface area (TPSA) is 55.8 Å². The number of rotatable bonds is 3. The average Bonchev–Trinajstić information content (AvgIpc) is 2.69. The number of halogens is 2. The van der Waals surface area contributed by atoms with E-state index in [2.05, 4.69) is 0 Å². The van der Waals surface area contributed by atoms with E-state index in [0.29, 0.717) is 0 Å². The molecule has 148 valence electrons. The summed E-state index contributed by atoms with van der Waals surface area (Å²) in [6.07, 6.45) is 9.30. The van der Waals surface area contributed by atoms with Crippen molar-refractivity contribution in [1.82, 2.24) is 0 Å². The number of carboxylic acids is 1. The third kappa shape index (κ3) is 3.33. The zero-order chi connectivity index (χ0) is 19.0. The average molecular weight is 397 g/mol. The Labute approximate surface area is 164 Å². The van der Waals surface area contributed by atoms with E-state index in [1.807, 2.05) is 0 Å². The van der Waals surface area contributed by atoms with Gasteiger partial charge in [-0.05, 0) is 43.6 Å². The second-order valence-corrected chi connectivity index (χ2v) is 8.54. The number of ether oxygens (including phenoxy) is 2. The molecular formula is C21H26ClFO4. The van der Waals surface area contributed by atoms with Crippen LogP contribution in [0.15, 0.2) is 12.1 Å². The predicted octanol–water partition coefficient (Wildman–Crippen LogP) is 5.65. The van der Waals surface area contributed by atoms with E-state index < -0.39 is 23.7 Å². The van der Waals surface area contributed by atoms with Crippen molar-refractivity contribution in [2.75, 3.05) is 0 Å². The summed E-state index contributed by atoms with van der Waals surface area (Å²) in [6.45, 7) is 0. The number of carbonyl (C=O) groups is 1. The first-order valence-electron chi connectivity index (χ1n) is 10.1. The lowest BCUT2D eigenvalue weighted by Crippen LogP contribution is -2.54. The summed E-state index contributed by atoms with van der Waals surface area (Å²) in [7, 11) is 0. The minimum atomic E-state index is -1.41. The van der Waals surface area contributed by atoms with Gasteiger partial charge >= 0.3 is 5.97 Å². The van der Waals surface area contributed by atoms with E-state index in [1.165, 1.54) is 18.9 Å². The first kappa shape index (κ1) is 19.0. The van der Waals surface area contributed by atoms with Gasteiger partial charge in [0.25, 0.3) is 6.29 Å². The summed E-state index contributed by atoms with van der Waals surface area (Å²) in [5.41, 5.74) is -0.0281. The lowest BCUT2D eigenvalue weighted by molar-refractivity contribution is -0.252. The first-order chi connectivity index (χ1) is 13.0. The molecule has 2 aliphatic carbocycles. The van der Waals surface area contributed by atoms with Crippen LogP contribution in [0.3, 0.4) is 0 Å². The molecule has 3 aliphatic rings. The molecule has 0 saturated heterocycles. The molecule has 0 aromatic heterocycles. The molecule has 1 atom stereocenters. The summed E-state index contributed by atoms with van der Waals surface area (Å²) < 4.78 is 26.0. The Morgan fingerprint density at radius 3 is 2.11 bits per heavy atom. The van der Waals surface area contributed by atoms with E-state index in [9.17, 15) is 14.3 Å². The maximum absolute atomic E-state index is 14.2. The lowest BCUT2D eigenvalue weighted by atomic mass is 9.63. The van der Waals surface area contributed by atoms with Crippen molar-refractivity contribution in [2.24, 2.45) is 11.8 Å². The zero-order valence-electron chi connectivity index (χ0n) is 15.4. The van der Waals surface area contributed by atoms with Crippen molar-refractivity contribution in [3.63, 3.8) is 0 Å². The Balaban J connectivity index is 1.89. The quantitative estimate of drug-likeness (QED) is 0.716. The van der Waals surface area contributed by atoms with E-state index in [0.717, 1.165) is 56.9 Å². The maximum Gasteiger partial charge on any atom is 0.373 e. The van der Waals surface area contributed by atoms with Crippen LogP contribution in [0, 0.1) is 17.7 Å².